The maximum absolute atomic E-state index is 5.32. The molecule has 17 heavy (non-hydrogen) atoms. The predicted molar refractivity (Wildman–Crippen MR) is 66.4 cm³/mol. The average molecular weight is 235 g/mol. The quantitative estimate of drug-likeness (QED) is 0.608. The number of rotatable bonds is 3. The van der Waals surface area contributed by atoms with E-state index in [1.54, 1.807) is 7.05 Å². The van der Waals surface area contributed by atoms with Gasteiger partial charge in [-0.05, 0) is 24.6 Å². The van der Waals surface area contributed by atoms with Crippen LogP contribution in [0.1, 0.15) is 12.5 Å². The highest BCUT2D eigenvalue weighted by molar-refractivity contribution is 5.79. The molecule has 1 aromatic carbocycles. The van der Waals surface area contributed by atoms with E-state index in [4.69, 9.17) is 9.47 Å². The van der Waals surface area contributed by atoms with Gasteiger partial charge in [-0.1, -0.05) is 6.07 Å². The van der Waals surface area contributed by atoms with E-state index in [0.29, 0.717) is 13.3 Å². The Labute approximate surface area is 101 Å². The van der Waals surface area contributed by atoms with Gasteiger partial charge in [-0.3, -0.25) is 4.99 Å². The first-order valence-electron chi connectivity index (χ1n) is 5.66. The molecule has 1 aromatic rings. The van der Waals surface area contributed by atoms with Gasteiger partial charge in [-0.2, -0.15) is 0 Å². The Morgan fingerprint density at radius 1 is 1.29 bits per heavy atom. The van der Waals surface area contributed by atoms with Crippen molar-refractivity contribution in [1.29, 1.82) is 0 Å². The maximum atomic E-state index is 5.32. The standard InChI is InChI=1S/C12H17N3O2/c1-3-14-12(13-2)15-7-9-4-5-10-11(6-9)17-8-16-10/h4-6H,3,7-8H2,1-2H3,(H2,13,14,15). The Morgan fingerprint density at radius 3 is 2.88 bits per heavy atom. The minimum absolute atomic E-state index is 0.311. The fourth-order valence-electron chi connectivity index (χ4n) is 1.62. The lowest BCUT2D eigenvalue weighted by Gasteiger charge is -2.10. The Kier molecular flexibility index (Phi) is 3.69. The molecule has 0 fully saturated rings. The largest absolute Gasteiger partial charge is 0.454 e. The summed E-state index contributed by atoms with van der Waals surface area (Å²) in [6.45, 7) is 3.90. The first-order chi connectivity index (χ1) is 8.33. The second-order valence-electron chi connectivity index (χ2n) is 3.64. The SMILES string of the molecule is CCNC(=NC)NCc1ccc2c(c1)OCO2. The van der Waals surface area contributed by atoms with Gasteiger partial charge < -0.3 is 20.1 Å². The highest BCUT2D eigenvalue weighted by Gasteiger charge is 2.12. The van der Waals surface area contributed by atoms with Gasteiger partial charge in [0.05, 0.1) is 0 Å². The normalized spacial score (nSPS) is 13.6. The number of guanidine groups is 1. The van der Waals surface area contributed by atoms with Gasteiger partial charge in [0, 0.05) is 20.1 Å². The summed E-state index contributed by atoms with van der Waals surface area (Å²) in [6, 6.07) is 5.92. The van der Waals surface area contributed by atoms with Crippen molar-refractivity contribution in [3.05, 3.63) is 23.8 Å². The topological polar surface area (TPSA) is 54.9 Å². The molecule has 0 bridgehead atoms. The predicted octanol–water partition coefficient (Wildman–Crippen LogP) is 1.10. The van der Waals surface area contributed by atoms with E-state index in [1.165, 1.54) is 0 Å². The Bertz CT molecular complexity index is 418. The second kappa shape index (κ2) is 5.43. The highest BCUT2D eigenvalue weighted by atomic mass is 16.7. The van der Waals surface area contributed by atoms with Crippen LogP contribution < -0.4 is 20.1 Å². The van der Waals surface area contributed by atoms with Gasteiger partial charge >= 0.3 is 0 Å². The molecule has 2 rings (SSSR count). The molecule has 0 aliphatic carbocycles. The molecule has 0 amide bonds. The van der Waals surface area contributed by atoms with E-state index in [-0.39, 0.29) is 0 Å². The second-order valence-corrected chi connectivity index (χ2v) is 3.64. The zero-order valence-electron chi connectivity index (χ0n) is 10.1. The number of aliphatic imine (C=N–C) groups is 1. The molecule has 0 radical (unpaired) electrons. The summed E-state index contributed by atoms with van der Waals surface area (Å²) in [5.41, 5.74) is 1.13. The van der Waals surface area contributed by atoms with E-state index in [0.717, 1.165) is 29.6 Å². The number of ether oxygens (including phenoxy) is 2. The molecular weight excluding hydrogens is 218 g/mol. The molecule has 5 nitrogen and oxygen atoms in total. The van der Waals surface area contributed by atoms with Crippen molar-refractivity contribution >= 4 is 5.96 Å². The summed E-state index contributed by atoms with van der Waals surface area (Å²) < 4.78 is 10.6. The lowest BCUT2D eigenvalue weighted by molar-refractivity contribution is 0.174. The van der Waals surface area contributed by atoms with E-state index in [2.05, 4.69) is 15.6 Å². The first kappa shape index (κ1) is 11.6. The minimum Gasteiger partial charge on any atom is -0.454 e. The van der Waals surface area contributed by atoms with Crippen molar-refractivity contribution in [2.24, 2.45) is 4.99 Å². The molecule has 2 N–H and O–H groups in total. The van der Waals surface area contributed by atoms with Crippen LogP contribution in [0.15, 0.2) is 23.2 Å². The smallest absolute Gasteiger partial charge is 0.231 e. The van der Waals surface area contributed by atoms with Gasteiger partial charge in [-0.25, -0.2) is 0 Å². The van der Waals surface area contributed by atoms with Crippen LogP contribution in [0.3, 0.4) is 0 Å². The number of benzene rings is 1. The van der Waals surface area contributed by atoms with Crippen molar-refractivity contribution < 1.29 is 9.47 Å². The Morgan fingerprint density at radius 2 is 2.12 bits per heavy atom. The number of nitrogens with one attached hydrogen (secondary N) is 2. The molecule has 5 heteroatoms. The Hall–Kier alpha value is -1.91. The summed E-state index contributed by atoms with van der Waals surface area (Å²) in [6.07, 6.45) is 0. The monoisotopic (exact) mass is 235 g/mol. The van der Waals surface area contributed by atoms with E-state index in [1.807, 2.05) is 25.1 Å². The highest BCUT2D eigenvalue weighted by Crippen LogP contribution is 2.32. The molecular formula is C12H17N3O2. The number of hydrogen-bond acceptors (Lipinski definition) is 3. The molecule has 0 aromatic heterocycles. The maximum Gasteiger partial charge on any atom is 0.231 e. The van der Waals surface area contributed by atoms with E-state index in [9.17, 15) is 0 Å². The third kappa shape index (κ3) is 2.81. The van der Waals surface area contributed by atoms with Gasteiger partial charge in [0.1, 0.15) is 0 Å². The molecule has 0 saturated carbocycles. The molecule has 0 spiro atoms. The summed E-state index contributed by atoms with van der Waals surface area (Å²) >= 11 is 0. The zero-order chi connectivity index (χ0) is 12.1. The van der Waals surface area contributed by atoms with E-state index < -0.39 is 0 Å². The van der Waals surface area contributed by atoms with Crippen molar-refractivity contribution in [2.75, 3.05) is 20.4 Å². The fourth-order valence-corrected chi connectivity index (χ4v) is 1.62. The average Bonchev–Trinajstić information content (AvgIpc) is 2.81. The van der Waals surface area contributed by atoms with Crippen LogP contribution >= 0.6 is 0 Å². The fraction of sp³-hybridized carbons (Fsp3) is 0.417. The van der Waals surface area contributed by atoms with Gasteiger partial charge in [0.15, 0.2) is 17.5 Å². The van der Waals surface area contributed by atoms with Gasteiger partial charge in [0.25, 0.3) is 0 Å². The summed E-state index contributed by atoms with van der Waals surface area (Å²) in [4.78, 5) is 4.10. The first-order valence-corrected chi connectivity index (χ1v) is 5.66. The third-order valence-corrected chi connectivity index (χ3v) is 2.46. The third-order valence-electron chi connectivity index (χ3n) is 2.46. The lowest BCUT2D eigenvalue weighted by Crippen LogP contribution is -2.36. The molecule has 1 aliphatic heterocycles. The molecule has 1 heterocycles. The van der Waals surface area contributed by atoms with Crippen LogP contribution in [0, 0.1) is 0 Å². The van der Waals surface area contributed by atoms with Crippen molar-refractivity contribution in [3.8, 4) is 11.5 Å². The van der Waals surface area contributed by atoms with Crippen molar-refractivity contribution in [3.63, 3.8) is 0 Å². The van der Waals surface area contributed by atoms with Crippen LogP contribution in [-0.2, 0) is 6.54 Å². The van der Waals surface area contributed by atoms with Crippen LogP contribution in [0.4, 0.5) is 0 Å². The van der Waals surface area contributed by atoms with Crippen molar-refractivity contribution in [2.45, 2.75) is 13.5 Å². The zero-order valence-corrected chi connectivity index (χ0v) is 10.1. The lowest BCUT2D eigenvalue weighted by atomic mass is 10.2. The molecule has 92 valence electrons. The molecule has 0 saturated heterocycles. The van der Waals surface area contributed by atoms with Crippen LogP contribution in [0.5, 0.6) is 11.5 Å². The summed E-state index contributed by atoms with van der Waals surface area (Å²) in [5, 5.41) is 6.36. The molecule has 1 aliphatic rings. The number of hydrogen-bond donors (Lipinski definition) is 2. The van der Waals surface area contributed by atoms with Crippen LogP contribution in [-0.4, -0.2) is 26.3 Å². The van der Waals surface area contributed by atoms with Gasteiger partial charge in [-0.15, -0.1) is 0 Å². The van der Waals surface area contributed by atoms with Gasteiger partial charge in [0.2, 0.25) is 6.79 Å². The molecule has 0 atom stereocenters. The minimum atomic E-state index is 0.311. The Balaban J connectivity index is 1.95. The summed E-state index contributed by atoms with van der Waals surface area (Å²) in [7, 11) is 1.75. The van der Waals surface area contributed by atoms with E-state index >= 15 is 0 Å². The van der Waals surface area contributed by atoms with Crippen LogP contribution in [0.25, 0.3) is 0 Å². The summed E-state index contributed by atoms with van der Waals surface area (Å²) in [5.74, 6) is 2.41. The number of fused-ring (bicyclic) bond motifs is 1. The van der Waals surface area contributed by atoms with Crippen LogP contribution in [0.2, 0.25) is 0 Å². The number of nitrogens with zero attached hydrogens (tertiary/aromatic N) is 1. The van der Waals surface area contributed by atoms with Crippen molar-refractivity contribution in [1.82, 2.24) is 10.6 Å². The molecule has 0 unspecified atom stereocenters.